The second-order valence-electron chi connectivity index (χ2n) is 6.94. The summed E-state index contributed by atoms with van der Waals surface area (Å²) in [6.45, 7) is 4.30. The van der Waals surface area contributed by atoms with Gasteiger partial charge in [-0.25, -0.2) is 9.59 Å². The Balaban J connectivity index is 1.93. The number of esters is 1. The summed E-state index contributed by atoms with van der Waals surface area (Å²) in [5, 5.41) is 5.65. The number of hydrogen-bond acceptors (Lipinski definition) is 5. The van der Waals surface area contributed by atoms with Crippen molar-refractivity contribution in [1.82, 2.24) is 10.2 Å². The summed E-state index contributed by atoms with van der Waals surface area (Å²) >= 11 is 0. The molecule has 2 N–H and O–H groups in total. The Hall–Kier alpha value is -3.55. The number of rotatable bonds is 7. The van der Waals surface area contributed by atoms with E-state index in [0.29, 0.717) is 29.1 Å². The van der Waals surface area contributed by atoms with Gasteiger partial charge in [0.25, 0.3) is 5.91 Å². The van der Waals surface area contributed by atoms with Gasteiger partial charge >= 0.3 is 12.0 Å². The first-order valence-corrected chi connectivity index (χ1v) is 9.78. The number of methoxy groups -OCH3 is 1. The van der Waals surface area contributed by atoms with Crippen molar-refractivity contribution in [2.24, 2.45) is 0 Å². The Kier molecular flexibility index (Phi) is 6.56. The number of nitrogens with one attached hydrogen (secondary N) is 2. The fourth-order valence-electron chi connectivity index (χ4n) is 3.39. The third-order valence-electron chi connectivity index (χ3n) is 4.96. The number of amides is 3. The number of ether oxygens (including phenoxy) is 1. The summed E-state index contributed by atoms with van der Waals surface area (Å²) in [5.41, 5.74) is 2.09. The van der Waals surface area contributed by atoms with Crippen LogP contribution in [0.4, 0.5) is 10.5 Å². The van der Waals surface area contributed by atoms with Crippen LogP contribution in [0.3, 0.4) is 0 Å². The summed E-state index contributed by atoms with van der Waals surface area (Å²) in [7, 11) is 1.31. The van der Waals surface area contributed by atoms with Crippen molar-refractivity contribution in [3.63, 3.8) is 0 Å². The molecule has 1 atom stereocenters. The van der Waals surface area contributed by atoms with Crippen LogP contribution >= 0.6 is 0 Å². The zero-order valence-corrected chi connectivity index (χ0v) is 17.2. The smallest absolute Gasteiger partial charge is 0.337 e. The number of furan rings is 1. The Morgan fingerprint density at radius 1 is 1.27 bits per heavy atom. The van der Waals surface area contributed by atoms with Gasteiger partial charge in [-0.2, -0.15) is 0 Å². The Labute approximate surface area is 174 Å². The molecular weight excluding hydrogens is 386 g/mol. The second-order valence-corrected chi connectivity index (χ2v) is 6.94. The van der Waals surface area contributed by atoms with Crippen LogP contribution in [-0.4, -0.2) is 36.5 Å². The number of allylic oxidation sites excluding steroid dienone is 1. The van der Waals surface area contributed by atoms with Gasteiger partial charge in [-0.1, -0.05) is 25.5 Å². The van der Waals surface area contributed by atoms with E-state index >= 15 is 0 Å². The minimum absolute atomic E-state index is 0.184. The largest absolute Gasteiger partial charge is 0.466 e. The number of anilines is 1. The summed E-state index contributed by atoms with van der Waals surface area (Å²) in [6.07, 6.45) is 3.16. The van der Waals surface area contributed by atoms with Crippen LogP contribution in [0.5, 0.6) is 0 Å². The zero-order valence-electron chi connectivity index (χ0n) is 17.2. The van der Waals surface area contributed by atoms with E-state index in [1.54, 1.807) is 48.2 Å². The van der Waals surface area contributed by atoms with Gasteiger partial charge in [0, 0.05) is 17.9 Å². The highest BCUT2D eigenvalue weighted by Crippen LogP contribution is 2.32. The normalized spacial score (nSPS) is 16.3. The van der Waals surface area contributed by atoms with E-state index in [0.717, 1.165) is 12.8 Å². The van der Waals surface area contributed by atoms with Crippen LogP contribution in [-0.2, 0) is 9.53 Å². The molecule has 0 saturated heterocycles. The van der Waals surface area contributed by atoms with Crippen LogP contribution in [0.1, 0.15) is 48.8 Å². The van der Waals surface area contributed by atoms with Gasteiger partial charge in [0.05, 0.1) is 25.0 Å². The van der Waals surface area contributed by atoms with Gasteiger partial charge in [0.2, 0.25) is 0 Å². The predicted octanol–water partition coefficient (Wildman–Crippen LogP) is 3.85. The second kappa shape index (κ2) is 9.30. The maximum Gasteiger partial charge on any atom is 0.337 e. The first kappa shape index (κ1) is 21.2. The molecule has 1 aliphatic rings. The summed E-state index contributed by atoms with van der Waals surface area (Å²) in [4.78, 5) is 39.1. The minimum Gasteiger partial charge on any atom is -0.466 e. The Morgan fingerprint density at radius 2 is 2.07 bits per heavy atom. The fourth-order valence-corrected chi connectivity index (χ4v) is 3.39. The third-order valence-corrected chi connectivity index (χ3v) is 4.96. The van der Waals surface area contributed by atoms with E-state index in [9.17, 15) is 14.4 Å². The molecule has 1 aliphatic heterocycles. The molecule has 1 aromatic heterocycles. The van der Waals surface area contributed by atoms with Crippen LogP contribution in [0, 0.1) is 0 Å². The van der Waals surface area contributed by atoms with E-state index in [-0.39, 0.29) is 11.8 Å². The van der Waals surface area contributed by atoms with E-state index in [1.165, 1.54) is 13.4 Å². The fraction of sp³-hybridized carbons (Fsp3) is 0.318. The molecule has 0 aliphatic carbocycles. The molecule has 0 radical (unpaired) electrons. The number of carbonyl (C=O) groups excluding carboxylic acids is 3. The van der Waals surface area contributed by atoms with Gasteiger partial charge in [0.15, 0.2) is 5.76 Å². The summed E-state index contributed by atoms with van der Waals surface area (Å²) in [5.74, 6) is -0.719. The van der Waals surface area contributed by atoms with Crippen molar-refractivity contribution >= 4 is 23.6 Å². The topological polar surface area (TPSA) is 101 Å². The van der Waals surface area contributed by atoms with E-state index in [4.69, 9.17) is 9.15 Å². The maximum absolute atomic E-state index is 12.7. The molecule has 2 heterocycles. The molecule has 0 saturated carbocycles. The average molecular weight is 411 g/mol. The lowest BCUT2D eigenvalue weighted by molar-refractivity contribution is -0.136. The molecule has 3 amide bonds. The zero-order chi connectivity index (χ0) is 21.7. The molecule has 8 nitrogen and oxygen atoms in total. The van der Waals surface area contributed by atoms with Gasteiger partial charge in [-0.05, 0) is 43.2 Å². The highest BCUT2D eigenvalue weighted by molar-refractivity contribution is 6.02. The Bertz CT molecular complexity index is 965. The van der Waals surface area contributed by atoms with Crippen molar-refractivity contribution in [2.45, 2.75) is 32.7 Å². The highest BCUT2D eigenvalue weighted by atomic mass is 16.5. The SMILES string of the molecule is CCCCN1C(=O)NC(c2cccc(NC(=O)c3ccco3)c2)C(C(=O)OC)=C1C. The van der Waals surface area contributed by atoms with E-state index in [1.807, 2.05) is 6.92 Å². The number of urea groups is 1. The molecule has 0 fully saturated rings. The number of hydrogen-bond donors (Lipinski definition) is 2. The quantitative estimate of drug-likeness (QED) is 0.674. The molecule has 158 valence electrons. The molecule has 3 rings (SSSR count). The van der Waals surface area contributed by atoms with E-state index in [2.05, 4.69) is 10.6 Å². The standard InChI is InChI=1S/C22H25N3O5/c1-4-5-11-25-14(2)18(21(27)29-3)19(24-22(25)28)15-8-6-9-16(13-15)23-20(26)17-10-7-12-30-17/h6-10,12-13,19H,4-5,11H2,1-3H3,(H,23,26)(H,24,28). The predicted molar refractivity (Wildman–Crippen MR) is 111 cm³/mol. The molecule has 1 aromatic carbocycles. The highest BCUT2D eigenvalue weighted by Gasteiger charge is 2.36. The first-order valence-electron chi connectivity index (χ1n) is 9.78. The summed E-state index contributed by atoms with van der Waals surface area (Å²) < 4.78 is 10.1. The van der Waals surface area contributed by atoms with Crippen molar-refractivity contribution < 1.29 is 23.5 Å². The minimum atomic E-state index is -0.691. The molecule has 8 heteroatoms. The molecule has 0 bridgehead atoms. The molecular formula is C22H25N3O5. The van der Waals surface area contributed by atoms with Crippen LogP contribution in [0.15, 0.2) is 58.3 Å². The van der Waals surface area contributed by atoms with Crippen LogP contribution in [0.2, 0.25) is 0 Å². The molecule has 0 spiro atoms. The van der Waals surface area contributed by atoms with Gasteiger partial charge in [-0.15, -0.1) is 0 Å². The van der Waals surface area contributed by atoms with Crippen molar-refractivity contribution in [3.05, 3.63) is 65.3 Å². The van der Waals surface area contributed by atoms with Gasteiger partial charge in [0.1, 0.15) is 0 Å². The first-order chi connectivity index (χ1) is 14.5. The molecule has 1 unspecified atom stereocenters. The monoisotopic (exact) mass is 411 g/mol. The Morgan fingerprint density at radius 3 is 2.73 bits per heavy atom. The van der Waals surface area contributed by atoms with Crippen molar-refractivity contribution in [3.8, 4) is 0 Å². The number of nitrogens with zero attached hydrogens (tertiary/aromatic N) is 1. The molecule has 2 aromatic rings. The van der Waals surface area contributed by atoms with Crippen LogP contribution in [0.25, 0.3) is 0 Å². The maximum atomic E-state index is 12.7. The third kappa shape index (κ3) is 4.37. The lowest BCUT2D eigenvalue weighted by Gasteiger charge is -2.35. The van der Waals surface area contributed by atoms with Crippen molar-refractivity contribution in [2.75, 3.05) is 19.0 Å². The summed E-state index contributed by atoms with van der Waals surface area (Å²) in [6, 6.07) is 9.18. The van der Waals surface area contributed by atoms with Crippen molar-refractivity contribution in [1.29, 1.82) is 0 Å². The average Bonchev–Trinajstić information content (AvgIpc) is 3.28. The van der Waals surface area contributed by atoms with Gasteiger partial charge in [-0.3, -0.25) is 9.69 Å². The van der Waals surface area contributed by atoms with E-state index < -0.39 is 17.9 Å². The van der Waals surface area contributed by atoms with Gasteiger partial charge < -0.3 is 19.8 Å². The van der Waals surface area contributed by atoms with Crippen LogP contribution < -0.4 is 10.6 Å². The number of unbranched alkanes of at least 4 members (excludes halogenated alkanes) is 1. The lowest BCUT2D eigenvalue weighted by Crippen LogP contribution is -2.48. The number of carbonyl (C=O) groups is 3. The molecule has 30 heavy (non-hydrogen) atoms. The lowest BCUT2D eigenvalue weighted by atomic mass is 9.94. The number of benzene rings is 1.